The molecular weight excluding hydrogens is 594 g/mol. The molecule has 0 aromatic heterocycles. The van der Waals surface area contributed by atoms with Gasteiger partial charge in [-0.1, -0.05) is 92.2 Å². The topological polar surface area (TPSA) is 48.0 Å². The van der Waals surface area contributed by atoms with Crippen LogP contribution in [0.15, 0.2) is 91.0 Å². The summed E-state index contributed by atoms with van der Waals surface area (Å²) in [6.45, 7) is 8.13. The van der Waals surface area contributed by atoms with Gasteiger partial charge in [-0.15, -0.1) is 0 Å². The standard InChI is InChI=1S/C43H53NO4/c1-5-8-13-33-21-26-39-36(30-33)23-27-38-35(22-18-32-14-10-9-11-15-32)16-12-17-40(38)42(39)44(4)28-29-48-37-24-19-34(20-25-37)31-41(46-6-2)43(45)47-7-3/h9-12,14-17,19-21,24-26,30,41-42H,5-8,13,18,22-23,27-29,31H2,1-4H3. The van der Waals surface area contributed by atoms with Gasteiger partial charge in [0.2, 0.25) is 0 Å². The summed E-state index contributed by atoms with van der Waals surface area (Å²) in [4.78, 5) is 14.8. The van der Waals surface area contributed by atoms with Crippen LogP contribution >= 0.6 is 0 Å². The van der Waals surface area contributed by atoms with Crippen LogP contribution in [0.4, 0.5) is 0 Å². The fourth-order valence-electron chi connectivity index (χ4n) is 6.97. The van der Waals surface area contributed by atoms with Crippen molar-refractivity contribution in [1.29, 1.82) is 0 Å². The van der Waals surface area contributed by atoms with Crippen LogP contribution in [-0.4, -0.2) is 50.4 Å². The third kappa shape index (κ3) is 9.36. The maximum atomic E-state index is 12.3. The lowest BCUT2D eigenvalue weighted by Crippen LogP contribution is -2.30. The van der Waals surface area contributed by atoms with E-state index in [0.29, 0.717) is 26.2 Å². The summed E-state index contributed by atoms with van der Waals surface area (Å²) in [5.74, 6) is 0.506. The Morgan fingerprint density at radius 3 is 2.33 bits per heavy atom. The summed E-state index contributed by atoms with van der Waals surface area (Å²) < 4.78 is 17.1. The molecule has 1 aliphatic rings. The van der Waals surface area contributed by atoms with Crippen LogP contribution in [0.3, 0.4) is 0 Å². The normalized spacial score (nSPS) is 14.6. The summed E-state index contributed by atoms with van der Waals surface area (Å²) in [7, 11) is 2.24. The van der Waals surface area contributed by atoms with Crippen molar-refractivity contribution in [3.05, 3.63) is 136 Å². The first kappa shape index (κ1) is 35.4. The Kier molecular flexibility index (Phi) is 13.3. The van der Waals surface area contributed by atoms with Gasteiger partial charge in [0.15, 0.2) is 6.10 Å². The number of unbranched alkanes of at least 4 members (excludes halogenated alkanes) is 1. The zero-order valence-corrected chi connectivity index (χ0v) is 29.4. The monoisotopic (exact) mass is 647 g/mol. The second-order valence-electron chi connectivity index (χ2n) is 12.9. The molecule has 5 heteroatoms. The lowest BCUT2D eigenvalue weighted by molar-refractivity contribution is -0.156. The van der Waals surface area contributed by atoms with Gasteiger partial charge in [-0.05, 0) is 116 Å². The van der Waals surface area contributed by atoms with Gasteiger partial charge in [-0.3, -0.25) is 4.90 Å². The number of benzene rings is 4. The van der Waals surface area contributed by atoms with E-state index >= 15 is 0 Å². The zero-order valence-electron chi connectivity index (χ0n) is 29.4. The van der Waals surface area contributed by atoms with Crippen molar-refractivity contribution in [3.8, 4) is 5.75 Å². The first-order valence-electron chi connectivity index (χ1n) is 18.0. The molecule has 0 heterocycles. The van der Waals surface area contributed by atoms with Gasteiger partial charge in [0.05, 0.1) is 12.6 Å². The molecule has 0 radical (unpaired) electrons. The molecule has 0 N–H and O–H groups in total. The van der Waals surface area contributed by atoms with Crippen molar-refractivity contribution in [3.63, 3.8) is 0 Å². The maximum absolute atomic E-state index is 12.3. The van der Waals surface area contributed by atoms with E-state index in [9.17, 15) is 4.79 Å². The van der Waals surface area contributed by atoms with Crippen molar-refractivity contribution < 1.29 is 19.0 Å². The first-order chi connectivity index (χ1) is 23.5. The SMILES string of the molecule is CCCCc1ccc2c(c1)CCc1c(CCc3ccccc3)cccc1C2N(C)CCOc1ccc(CC(OCC)C(=O)OCC)cc1. The summed E-state index contributed by atoms with van der Waals surface area (Å²) in [5, 5.41) is 0. The van der Waals surface area contributed by atoms with E-state index in [4.69, 9.17) is 14.2 Å². The first-order valence-corrected chi connectivity index (χ1v) is 18.0. The van der Waals surface area contributed by atoms with Crippen molar-refractivity contribution in [2.24, 2.45) is 0 Å². The Balaban J connectivity index is 1.31. The second kappa shape index (κ2) is 18.0. The van der Waals surface area contributed by atoms with Gasteiger partial charge in [0.1, 0.15) is 12.4 Å². The van der Waals surface area contributed by atoms with Crippen LogP contribution in [0.5, 0.6) is 5.75 Å². The molecule has 1 aliphatic carbocycles. The molecule has 254 valence electrons. The van der Waals surface area contributed by atoms with E-state index in [2.05, 4.69) is 85.6 Å². The summed E-state index contributed by atoms with van der Waals surface area (Å²) in [5.41, 5.74) is 11.2. The Hall–Kier alpha value is -3.93. The average Bonchev–Trinajstić information content (AvgIpc) is 3.28. The number of rotatable bonds is 17. The number of aryl methyl sites for hydroxylation is 4. The predicted octanol–water partition coefficient (Wildman–Crippen LogP) is 8.52. The number of carbonyl (C=O) groups excluding carboxylic acids is 1. The minimum atomic E-state index is -0.595. The zero-order chi connectivity index (χ0) is 33.7. The number of likely N-dealkylation sites (N-methyl/N-ethyl adjacent to an activating group) is 1. The Morgan fingerprint density at radius 2 is 1.58 bits per heavy atom. The smallest absolute Gasteiger partial charge is 0.335 e. The summed E-state index contributed by atoms with van der Waals surface area (Å²) >= 11 is 0. The molecule has 5 rings (SSSR count). The van der Waals surface area contributed by atoms with Crippen molar-refractivity contribution in [1.82, 2.24) is 4.90 Å². The second-order valence-corrected chi connectivity index (χ2v) is 12.9. The van der Waals surface area contributed by atoms with E-state index in [-0.39, 0.29) is 12.0 Å². The van der Waals surface area contributed by atoms with Gasteiger partial charge < -0.3 is 14.2 Å². The van der Waals surface area contributed by atoms with Gasteiger partial charge in [-0.2, -0.15) is 0 Å². The van der Waals surface area contributed by atoms with Crippen LogP contribution < -0.4 is 4.74 Å². The molecular formula is C43H53NO4. The number of fused-ring (bicyclic) bond motifs is 2. The van der Waals surface area contributed by atoms with Crippen LogP contribution in [0.2, 0.25) is 0 Å². The molecule has 0 aliphatic heterocycles. The molecule has 4 aromatic carbocycles. The molecule has 0 amide bonds. The number of nitrogens with zero attached hydrogens (tertiary/aromatic N) is 1. The van der Waals surface area contributed by atoms with E-state index < -0.39 is 6.10 Å². The van der Waals surface area contributed by atoms with E-state index in [1.54, 1.807) is 0 Å². The van der Waals surface area contributed by atoms with Crippen molar-refractivity contribution in [2.75, 3.05) is 33.4 Å². The Morgan fingerprint density at radius 1 is 0.792 bits per heavy atom. The molecule has 0 saturated carbocycles. The number of esters is 1. The molecule has 5 nitrogen and oxygen atoms in total. The average molecular weight is 648 g/mol. The molecule has 0 bridgehead atoms. The molecule has 0 spiro atoms. The third-order valence-corrected chi connectivity index (χ3v) is 9.51. The highest BCUT2D eigenvalue weighted by Gasteiger charge is 2.28. The highest BCUT2D eigenvalue weighted by molar-refractivity contribution is 5.75. The highest BCUT2D eigenvalue weighted by Crippen LogP contribution is 2.38. The van der Waals surface area contributed by atoms with Crippen LogP contribution in [0.25, 0.3) is 0 Å². The molecule has 0 fully saturated rings. The van der Waals surface area contributed by atoms with Gasteiger partial charge in [0, 0.05) is 19.6 Å². The van der Waals surface area contributed by atoms with Crippen LogP contribution in [0, 0.1) is 0 Å². The highest BCUT2D eigenvalue weighted by atomic mass is 16.6. The van der Waals surface area contributed by atoms with Crippen molar-refractivity contribution >= 4 is 5.97 Å². The third-order valence-electron chi connectivity index (χ3n) is 9.51. The van der Waals surface area contributed by atoms with Gasteiger partial charge >= 0.3 is 5.97 Å². The molecule has 48 heavy (non-hydrogen) atoms. The largest absolute Gasteiger partial charge is 0.492 e. The molecule has 4 aromatic rings. The van der Waals surface area contributed by atoms with Crippen LogP contribution in [-0.2, 0) is 52.8 Å². The lowest BCUT2D eigenvalue weighted by Gasteiger charge is -2.31. The number of ether oxygens (including phenoxy) is 3. The molecule has 0 saturated heterocycles. The minimum absolute atomic E-state index is 0.166. The number of hydrogen-bond donors (Lipinski definition) is 0. The predicted molar refractivity (Wildman–Crippen MR) is 195 cm³/mol. The summed E-state index contributed by atoms with van der Waals surface area (Å²) in [6.07, 6.45) is 7.69. The lowest BCUT2D eigenvalue weighted by atomic mass is 9.89. The quantitative estimate of drug-likeness (QED) is 0.108. The van der Waals surface area contributed by atoms with Gasteiger partial charge in [0.25, 0.3) is 0 Å². The minimum Gasteiger partial charge on any atom is -0.492 e. The number of hydrogen-bond acceptors (Lipinski definition) is 5. The Bertz CT molecular complexity index is 1580. The van der Waals surface area contributed by atoms with Crippen molar-refractivity contribution in [2.45, 2.75) is 84.3 Å². The van der Waals surface area contributed by atoms with E-state index in [1.165, 1.54) is 51.8 Å². The molecule has 2 atom stereocenters. The fraction of sp³-hybridized carbons (Fsp3) is 0.419. The van der Waals surface area contributed by atoms with E-state index in [0.717, 1.165) is 50.0 Å². The van der Waals surface area contributed by atoms with Crippen LogP contribution in [0.1, 0.15) is 84.2 Å². The number of carbonyl (C=O) groups is 1. The molecule has 2 unspecified atom stereocenters. The Labute approximate surface area is 288 Å². The fourth-order valence-corrected chi connectivity index (χ4v) is 6.97. The maximum Gasteiger partial charge on any atom is 0.335 e. The summed E-state index contributed by atoms with van der Waals surface area (Å²) in [6, 6.07) is 33.2. The van der Waals surface area contributed by atoms with Gasteiger partial charge in [-0.25, -0.2) is 4.79 Å². The van der Waals surface area contributed by atoms with E-state index in [1.807, 2.05) is 38.1 Å².